The topological polar surface area (TPSA) is 70.9 Å². The van der Waals surface area contributed by atoms with Crippen LogP contribution in [0.4, 0.5) is 8.78 Å². The quantitative estimate of drug-likeness (QED) is 0.641. The van der Waals surface area contributed by atoms with E-state index in [2.05, 4.69) is 10.5 Å². The standard InChI is InChI=1S/C14H15ClF2N2O3/c1-7-5-10(21)18-19-13(7)8-6-9(16)14(11(15)12(8)17)22-4-2-3-20/h6-7,20H,2-5H2,1H3,(H,18,21). The molecule has 0 radical (unpaired) electrons. The van der Waals surface area contributed by atoms with Crippen LogP contribution in [0.1, 0.15) is 25.3 Å². The summed E-state index contributed by atoms with van der Waals surface area (Å²) in [4.78, 5) is 11.2. The number of halogens is 3. The predicted octanol–water partition coefficient (Wildman–Crippen LogP) is 2.24. The number of carbonyl (C=O) groups excluding carboxylic acids is 1. The highest BCUT2D eigenvalue weighted by atomic mass is 35.5. The van der Waals surface area contributed by atoms with Crippen LogP contribution in [0.15, 0.2) is 11.2 Å². The summed E-state index contributed by atoms with van der Waals surface area (Å²) in [7, 11) is 0. The minimum atomic E-state index is -0.858. The van der Waals surface area contributed by atoms with E-state index in [0.29, 0.717) is 0 Å². The molecule has 0 aliphatic carbocycles. The van der Waals surface area contributed by atoms with Gasteiger partial charge in [0.1, 0.15) is 5.02 Å². The SMILES string of the molecule is CC1CC(=O)NN=C1c1cc(F)c(OCCCO)c(Cl)c1F. The molecule has 120 valence electrons. The second-order valence-corrected chi connectivity index (χ2v) is 5.30. The molecule has 1 aliphatic rings. The van der Waals surface area contributed by atoms with Gasteiger partial charge in [0.2, 0.25) is 5.91 Å². The smallest absolute Gasteiger partial charge is 0.240 e. The zero-order valence-corrected chi connectivity index (χ0v) is 12.6. The maximum atomic E-state index is 14.4. The summed E-state index contributed by atoms with van der Waals surface area (Å²) in [5, 5.41) is 12.0. The molecular weight excluding hydrogens is 318 g/mol. The first-order valence-corrected chi connectivity index (χ1v) is 7.11. The molecule has 1 aliphatic heterocycles. The molecule has 0 aromatic heterocycles. The van der Waals surface area contributed by atoms with Gasteiger partial charge in [-0.2, -0.15) is 5.10 Å². The molecule has 1 unspecified atom stereocenters. The van der Waals surface area contributed by atoms with Crippen LogP contribution in [0.2, 0.25) is 5.02 Å². The van der Waals surface area contributed by atoms with E-state index in [-0.39, 0.29) is 49.2 Å². The van der Waals surface area contributed by atoms with Gasteiger partial charge in [-0.05, 0) is 6.07 Å². The maximum Gasteiger partial charge on any atom is 0.240 e. The molecule has 8 heteroatoms. The Kier molecular flexibility index (Phi) is 5.31. The van der Waals surface area contributed by atoms with Crippen LogP contribution in [0.25, 0.3) is 0 Å². The maximum absolute atomic E-state index is 14.4. The van der Waals surface area contributed by atoms with Crippen LogP contribution in [-0.4, -0.2) is 29.9 Å². The Bertz CT molecular complexity index is 623. The number of aliphatic hydroxyl groups excluding tert-OH is 1. The first-order chi connectivity index (χ1) is 10.5. The number of carbonyl (C=O) groups is 1. The number of nitrogens with zero attached hydrogens (tertiary/aromatic N) is 1. The van der Waals surface area contributed by atoms with Crippen molar-refractivity contribution in [1.29, 1.82) is 0 Å². The number of ether oxygens (including phenoxy) is 1. The van der Waals surface area contributed by atoms with Crippen molar-refractivity contribution in [3.05, 3.63) is 28.3 Å². The number of hydrogen-bond donors (Lipinski definition) is 2. The number of benzene rings is 1. The summed E-state index contributed by atoms with van der Waals surface area (Å²) in [5.41, 5.74) is 2.36. The van der Waals surface area contributed by atoms with Crippen LogP contribution in [0, 0.1) is 17.6 Å². The lowest BCUT2D eigenvalue weighted by Crippen LogP contribution is -2.32. The average Bonchev–Trinajstić information content (AvgIpc) is 2.47. The van der Waals surface area contributed by atoms with Crippen molar-refractivity contribution in [1.82, 2.24) is 5.43 Å². The zero-order valence-electron chi connectivity index (χ0n) is 11.8. The van der Waals surface area contributed by atoms with E-state index >= 15 is 0 Å². The molecular formula is C14H15ClF2N2O3. The fourth-order valence-electron chi connectivity index (χ4n) is 2.11. The number of rotatable bonds is 5. The summed E-state index contributed by atoms with van der Waals surface area (Å²) < 4.78 is 33.5. The summed E-state index contributed by atoms with van der Waals surface area (Å²) in [6.45, 7) is 1.57. The number of nitrogens with one attached hydrogen (secondary N) is 1. The third-order valence-electron chi connectivity index (χ3n) is 3.20. The molecule has 0 saturated heterocycles. The average molecular weight is 333 g/mol. The first kappa shape index (κ1) is 16.6. The molecule has 0 saturated carbocycles. The molecule has 1 atom stereocenters. The van der Waals surface area contributed by atoms with Crippen LogP contribution >= 0.6 is 11.6 Å². The Labute approximate surface area is 130 Å². The predicted molar refractivity (Wildman–Crippen MR) is 77.0 cm³/mol. The van der Waals surface area contributed by atoms with Crippen LogP contribution in [0.3, 0.4) is 0 Å². The van der Waals surface area contributed by atoms with Gasteiger partial charge in [0.25, 0.3) is 0 Å². The fourth-order valence-corrected chi connectivity index (χ4v) is 2.36. The normalized spacial score (nSPS) is 18.0. The van der Waals surface area contributed by atoms with E-state index in [9.17, 15) is 13.6 Å². The summed E-state index contributed by atoms with van der Waals surface area (Å²) in [6.07, 6.45) is 0.404. The van der Waals surface area contributed by atoms with Crippen molar-refractivity contribution < 1.29 is 23.4 Å². The molecule has 1 aromatic carbocycles. The van der Waals surface area contributed by atoms with Crippen LogP contribution in [-0.2, 0) is 4.79 Å². The van der Waals surface area contributed by atoms with Gasteiger partial charge in [-0.3, -0.25) is 4.79 Å². The minimum absolute atomic E-state index is 0.0132. The van der Waals surface area contributed by atoms with Crippen molar-refractivity contribution in [2.75, 3.05) is 13.2 Å². The molecule has 1 aromatic rings. The Hall–Kier alpha value is -1.73. The van der Waals surface area contributed by atoms with Crippen LogP contribution in [0.5, 0.6) is 5.75 Å². The van der Waals surface area contributed by atoms with Crippen molar-refractivity contribution in [2.45, 2.75) is 19.8 Å². The van der Waals surface area contributed by atoms with E-state index in [1.54, 1.807) is 6.92 Å². The number of amides is 1. The van der Waals surface area contributed by atoms with Crippen molar-refractivity contribution in [3.8, 4) is 5.75 Å². The Morgan fingerprint density at radius 2 is 2.27 bits per heavy atom. The number of hydrazone groups is 1. The largest absolute Gasteiger partial charge is 0.489 e. The van der Waals surface area contributed by atoms with E-state index in [1.165, 1.54) is 0 Å². The third-order valence-corrected chi connectivity index (χ3v) is 3.54. The molecule has 0 bridgehead atoms. The fraction of sp³-hybridized carbons (Fsp3) is 0.429. The van der Waals surface area contributed by atoms with Crippen molar-refractivity contribution in [3.63, 3.8) is 0 Å². The van der Waals surface area contributed by atoms with E-state index in [0.717, 1.165) is 6.07 Å². The summed E-state index contributed by atoms with van der Waals surface area (Å²) in [6, 6.07) is 0.947. The lowest BCUT2D eigenvalue weighted by atomic mass is 9.93. The summed E-state index contributed by atoms with van der Waals surface area (Å²) in [5.74, 6) is -2.73. The highest BCUT2D eigenvalue weighted by Crippen LogP contribution is 2.34. The van der Waals surface area contributed by atoms with E-state index in [1.807, 2.05) is 0 Å². The van der Waals surface area contributed by atoms with E-state index < -0.39 is 22.4 Å². The van der Waals surface area contributed by atoms with Crippen molar-refractivity contribution in [2.24, 2.45) is 11.0 Å². The molecule has 0 spiro atoms. The molecule has 2 N–H and O–H groups in total. The van der Waals surface area contributed by atoms with Gasteiger partial charge in [-0.1, -0.05) is 18.5 Å². The molecule has 2 rings (SSSR count). The number of aliphatic hydroxyl groups is 1. The monoisotopic (exact) mass is 332 g/mol. The van der Waals surface area contributed by atoms with Gasteiger partial charge in [0.15, 0.2) is 17.4 Å². The highest BCUT2D eigenvalue weighted by Gasteiger charge is 2.27. The van der Waals surface area contributed by atoms with Gasteiger partial charge in [-0.25, -0.2) is 14.2 Å². The molecule has 1 heterocycles. The second-order valence-electron chi connectivity index (χ2n) is 4.93. The van der Waals surface area contributed by atoms with Gasteiger partial charge in [-0.15, -0.1) is 0 Å². The van der Waals surface area contributed by atoms with Gasteiger partial charge < -0.3 is 9.84 Å². The van der Waals surface area contributed by atoms with E-state index in [4.69, 9.17) is 21.4 Å². The first-order valence-electron chi connectivity index (χ1n) is 6.73. The number of hydrogen-bond acceptors (Lipinski definition) is 4. The lowest BCUT2D eigenvalue weighted by Gasteiger charge is -2.20. The van der Waals surface area contributed by atoms with Crippen molar-refractivity contribution >= 4 is 23.2 Å². The molecule has 22 heavy (non-hydrogen) atoms. The molecule has 5 nitrogen and oxygen atoms in total. The Morgan fingerprint density at radius 3 is 2.91 bits per heavy atom. The lowest BCUT2D eigenvalue weighted by molar-refractivity contribution is -0.121. The molecule has 0 fully saturated rings. The highest BCUT2D eigenvalue weighted by molar-refractivity contribution is 6.32. The Morgan fingerprint density at radius 1 is 1.55 bits per heavy atom. The van der Waals surface area contributed by atoms with Gasteiger partial charge >= 0.3 is 0 Å². The Balaban J connectivity index is 2.37. The third kappa shape index (κ3) is 3.36. The van der Waals surface area contributed by atoms with Gasteiger partial charge in [0, 0.05) is 30.9 Å². The zero-order chi connectivity index (χ0) is 16.3. The van der Waals surface area contributed by atoms with Gasteiger partial charge in [0.05, 0.1) is 12.3 Å². The molecule has 1 amide bonds. The van der Waals surface area contributed by atoms with Crippen LogP contribution < -0.4 is 10.2 Å². The summed E-state index contributed by atoms with van der Waals surface area (Å²) >= 11 is 5.83. The second kappa shape index (κ2) is 7.02. The minimum Gasteiger partial charge on any atom is -0.489 e.